The Morgan fingerprint density at radius 1 is 1.23 bits per heavy atom. The molecule has 1 aromatic rings. The number of hydrogen-bond donors (Lipinski definition) is 1. The van der Waals surface area contributed by atoms with Gasteiger partial charge in [0.25, 0.3) is 0 Å². The van der Waals surface area contributed by atoms with Gasteiger partial charge in [0, 0.05) is 6.04 Å². The lowest BCUT2D eigenvalue weighted by atomic mass is 10.1. The summed E-state index contributed by atoms with van der Waals surface area (Å²) in [5.41, 5.74) is 1.21. The van der Waals surface area contributed by atoms with Crippen LogP contribution in [0.4, 0.5) is 0 Å². The molecule has 0 amide bonds. The summed E-state index contributed by atoms with van der Waals surface area (Å²) in [5.74, 6) is 0. The zero-order valence-electron chi connectivity index (χ0n) is 7.99. The maximum absolute atomic E-state index is 8.62. The van der Waals surface area contributed by atoms with Crippen LogP contribution in [0.15, 0.2) is 30.3 Å². The lowest BCUT2D eigenvalue weighted by Gasteiger charge is -2.15. The topological polar surface area (TPSA) is 35.8 Å². The fourth-order valence-electron chi connectivity index (χ4n) is 1.25. The van der Waals surface area contributed by atoms with Gasteiger partial charge in [-0.05, 0) is 19.4 Å². The van der Waals surface area contributed by atoms with Crippen LogP contribution in [0.1, 0.15) is 25.5 Å². The minimum atomic E-state index is -0.102. The Morgan fingerprint density at radius 3 is 2.38 bits per heavy atom. The lowest BCUT2D eigenvalue weighted by Crippen LogP contribution is -2.27. The molecule has 0 aliphatic rings. The minimum absolute atomic E-state index is 0.102. The molecular formula is C11H14N2. The zero-order valence-corrected chi connectivity index (χ0v) is 7.99. The van der Waals surface area contributed by atoms with Crippen molar-refractivity contribution in [1.29, 1.82) is 5.26 Å². The van der Waals surface area contributed by atoms with E-state index in [9.17, 15) is 0 Å². The van der Waals surface area contributed by atoms with Gasteiger partial charge in [-0.3, -0.25) is 5.32 Å². The van der Waals surface area contributed by atoms with E-state index in [1.165, 1.54) is 5.56 Å². The second-order valence-electron chi connectivity index (χ2n) is 3.15. The molecule has 0 aliphatic carbocycles. The van der Waals surface area contributed by atoms with E-state index in [-0.39, 0.29) is 12.1 Å². The van der Waals surface area contributed by atoms with Gasteiger partial charge in [0.2, 0.25) is 0 Å². The van der Waals surface area contributed by atoms with E-state index in [2.05, 4.69) is 30.4 Å². The normalized spacial score (nSPS) is 14.5. The average molecular weight is 174 g/mol. The molecule has 0 spiro atoms. The summed E-state index contributed by atoms with van der Waals surface area (Å²) < 4.78 is 0. The Kier molecular flexibility index (Phi) is 3.48. The average Bonchev–Trinajstić information content (AvgIpc) is 2.19. The van der Waals surface area contributed by atoms with Crippen molar-refractivity contribution in [2.24, 2.45) is 0 Å². The number of hydrogen-bond acceptors (Lipinski definition) is 2. The predicted octanol–water partition coefficient (Wildman–Crippen LogP) is 2.25. The molecule has 1 N–H and O–H groups in total. The van der Waals surface area contributed by atoms with Gasteiger partial charge in [0.15, 0.2) is 0 Å². The molecule has 0 fully saturated rings. The van der Waals surface area contributed by atoms with E-state index in [4.69, 9.17) is 5.26 Å². The SMILES string of the molecule is C[C@H](C#N)N[C@@H](C)c1ccccc1. The maximum atomic E-state index is 8.62. The third-order valence-corrected chi connectivity index (χ3v) is 1.99. The van der Waals surface area contributed by atoms with Crippen LogP contribution >= 0.6 is 0 Å². The molecular weight excluding hydrogens is 160 g/mol. The molecule has 0 aromatic heterocycles. The van der Waals surface area contributed by atoms with E-state index < -0.39 is 0 Å². The monoisotopic (exact) mass is 174 g/mol. The fraction of sp³-hybridized carbons (Fsp3) is 0.364. The number of benzene rings is 1. The Morgan fingerprint density at radius 2 is 1.85 bits per heavy atom. The van der Waals surface area contributed by atoms with Crippen molar-refractivity contribution in [3.63, 3.8) is 0 Å². The van der Waals surface area contributed by atoms with Gasteiger partial charge in [0.05, 0.1) is 12.1 Å². The highest BCUT2D eigenvalue weighted by molar-refractivity contribution is 5.18. The van der Waals surface area contributed by atoms with Crippen LogP contribution in [-0.2, 0) is 0 Å². The summed E-state index contributed by atoms with van der Waals surface area (Å²) >= 11 is 0. The standard InChI is InChI=1S/C11H14N2/c1-9(8-12)13-10(2)11-6-4-3-5-7-11/h3-7,9-10,13H,1-2H3/t9-,10+/m1/s1. The van der Waals surface area contributed by atoms with Crippen molar-refractivity contribution in [2.75, 3.05) is 0 Å². The number of nitrogens with one attached hydrogen (secondary N) is 1. The molecule has 0 radical (unpaired) electrons. The zero-order chi connectivity index (χ0) is 9.68. The number of nitrogens with zero attached hydrogens (tertiary/aromatic N) is 1. The fourth-order valence-corrected chi connectivity index (χ4v) is 1.25. The first-order chi connectivity index (χ1) is 6.24. The maximum Gasteiger partial charge on any atom is 0.0929 e. The Balaban J connectivity index is 2.60. The highest BCUT2D eigenvalue weighted by atomic mass is 14.9. The third kappa shape index (κ3) is 2.89. The van der Waals surface area contributed by atoms with E-state index in [1.807, 2.05) is 25.1 Å². The molecule has 0 unspecified atom stereocenters. The van der Waals surface area contributed by atoms with Crippen molar-refractivity contribution in [1.82, 2.24) is 5.32 Å². The Labute approximate surface area is 79.2 Å². The van der Waals surface area contributed by atoms with E-state index >= 15 is 0 Å². The summed E-state index contributed by atoms with van der Waals surface area (Å²) in [4.78, 5) is 0. The molecule has 0 heterocycles. The molecule has 13 heavy (non-hydrogen) atoms. The quantitative estimate of drug-likeness (QED) is 0.762. The molecule has 2 nitrogen and oxygen atoms in total. The molecule has 68 valence electrons. The molecule has 0 aliphatic heterocycles. The molecule has 1 aromatic carbocycles. The van der Waals surface area contributed by atoms with E-state index in [1.54, 1.807) is 0 Å². The third-order valence-electron chi connectivity index (χ3n) is 1.99. The van der Waals surface area contributed by atoms with Crippen molar-refractivity contribution in [3.8, 4) is 6.07 Å². The van der Waals surface area contributed by atoms with Gasteiger partial charge < -0.3 is 0 Å². The molecule has 0 saturated heterocycles. The van der Waals surface area contributed by atoms with Gasteiger partial charge in [0.1, 0.15) is 0 Å². The van der Waals surface area contributed by atoms with Crippen LogP contribution in [-0.4, -0.2) is 6.04 Å². The van der Waals surface area contributed by atoms with Gasteiger partial charge in [-0.15, -0.1) is 0 Å². The van der Waals surface area contributed by atoms with Crippen molar-refractivity contribution in [2.45, 2.75) is 25.9 Å². The molecule has 0 saturated carbocycles. The summed E-state index contributed by atoms with van der Waals surface area (Å²) in [7, 11) is 0. The Hall–Kier alpha value is -1.33. The Bertz CT molecular complexity index is 287. The molecule has 1 rings (SSSR count). The summed E-state index contributed by atoms with van der Waals surface area (Å²) in [6, 6.07) is 12.4. The van der Waals surface area contributed by atoms with Gasteiger partial charge >= 0.3 is 0 Å². The van der Waals surface area contributed by atoms with E-state index in [0.717, 1.165) is 0 Å². The predicted molar refractivity (Wildman–Crippen MR) is 53.1 cm³/mol. The second kappa shape index (κ2) is 4.64. The molecule has 0 bridgehead atoms. The summed E-state index contributed by atoms with van der Waals surface area (Å²) in [6.07, 6.45) is 0. The molecule has 2 heteroatoms. The van der Waals surface area contributed by atoms with Crippen molar-refractivity contribution in [3.05, 3.63) is 35.9 Å². The first-order valence-electron chi connectivity index (χ1n) is 4.44. The van der Waals surface area contributed by atoms with Crippen molar-refractivity contribution >= 4 is 0 Å². The van der Waals surface area contributed by atoms with Crippen LogP contribution in [0.2, 0.25) is 0 Å². The first-order valence-corrected chi connectivity index (χ1v) is 4.44. The largest absolute Gasteiger partial charge is 0.296 e. The lowest BCUT2D eigenvalue weighted by molar-refractivity contribution is 0.543. The molecule has 2 atom stereocenters. The summed E-state index contributed by atoms with van der Waals surface area (Å²) in [5, 5.41) is 11.8. The number of nitriles is 1. The van der Waals surface area contributed by atoms with Gasteiger partial charge in [-0.2, -0.15) is 5.26 Å². The van der Waals surface area contributed by atoms with E-state index in [0.29, 0.717) is 0 Å². The number of rotatable bonds is 3. The van der Waals surface area contributed by atoms with Gasteiger partial charge in [-0.1, -0.05) is 30.3 Å². The van der Waals surface area contributed by atoms with Gasteiger partial charge in [-0.25, -0.2) is 0 Å². The van der Waals surface area contributed by atoms with Crippen LogP contribution in [0.5, 0.6) is 0 Å². The van der Waals surface area contributed by atoms with Crippen LogP contribution in [0.25, 0.3) is 0 Å². The van der Waals surface area contributed by atoms with Crippen LogP contribution in [0.3, 0.4) is 0 Å². The minimum Gasteiger partial charge on any atom is -0.296 e. The highest BCUT2D eigenvalue weighted by Crippen LogP contribution is 2.11. The smallest absolute Gasteiger partial charge is 0.0929 e. The van der Waals surface area contributed by atoms with Crippen molar-refractivity contribution < 1.29 is 0 Å². The van der Waals surface area contributed by atoms with Crippen LogP contribution in [0, 0.1) is 11.3 Å². The van der Waals surface area contributed by atoms with Crippen LogP contribution < -0.4 is 5.32 Å². The summed E-state index contributed by atoms with van der Waals surface area (Å²) in [6.45, 7) is 3.92. The second-order valence-corrected chi connectivity index (χ2v) is 3.15. The highest BCUT2D eigenvalue weighted by Gasteiger charge is 2.06. The first kappa shape index (κ1) is 9.76.